The van der Waals surface area contributed by atoms with Gasteiger partial charge < -0.3 is 9.73 Å². The van der Waals surface area contributed by atoms with Gasteiger partial charge in [-0.15, -0.1) is 0 Å². The molecule has 2 N–H and O–H groups in total. The first-order chi connectivity index (χ1) is 12.8. The van der Waals surface area contributed by atoms with Crippen LogP contribution in [-0.4, -0.2) is 34.7 Å². The van der Waals surface area contributed by atoms with Crippen molar-refractivity contribution in [2.24, 2.45) is 0 Å². The third kappa shape index (κ3) is 3.74. The number of hydrogen-bond donors (Lipinski definition) is 2. The van der Waals surface area contributed by atoms with Gasteiger partial charge in [0.05, 0.1) is 6.20 Å². The molecule has 1 aromatic carbocycles. The number of aromatic nitrogens is 2. The van der Waals surface area contributed by atoms with E-state index in [1.165, 1.54) is 31.5 Å². The molecular weight excluding hydrogens is 324 g/mol. The summed E-state index contributed by atoms with van der Waals surface area (Å²) in [4.78, 5) is 2.59. The molecule has 1 aliphatic heterocycles. The minimum atomic E-state index is 0.417. The summed E-state index contributed by atoms with van der Waals surface area (Å²) in [6.07, 6.45) is 4.48. The average Bonchev–Trinajstić information content (AvgIpc) is 3.41. The molecule has 26 heavy (non-hydrogen) atoms. The molecule has 0 spiro atoms. The molecule has 0 saturated carbocycles. The number of furan rings is 1. The Morgan fingerprint density at radius 2 is 1.96 bits per heavy atom. The Labute approximate surface area is 154 Å². The van der Waals surface area contributed by atoms with E-state index >= 15 is 0 Å². The third-order valence-corrected chi connectivity index (χ3v) is 5.12. The van der Waals surface area contributed by atoms with E-state index in [9.17, 15) is 0 Å². The number of hydrogen-bond acceptors (Lipinski definition) is 4. The second-order valence-corrected chi connectivity index (χ2v) is 6.98. The summed E-state index contributed by atoms with van der Waals surface area (Å²) in [5.74, 6) is 1.75. The SMILES string of the molecule is Cc1ccc(-c2[nH]ncc2CNCC(c2ccccc2)N2CCCC2)o1. The monoisotopic (exact) mass is 350 g/mol. The minimum Gasteiger partial charge on any atom is -0.460 e. The summed E-state index contributed by atoms with van der Waals surface area (Å²) in [7, 11) is 0. The van der Waals surface area contributed by atoms with Crippen LogP contribution >= 0.6 is 0 Å². The van der Waals surface area contributed by atoms with E-state index in [0.717, 1.165) is 35.9 Å². The second kappa shape index (κ2) is 7.89. The number of aromatic amines is 1. The van der Waals surface area contributed by atoms with Gasteiger partial charge in [-0.25, -0.2) is 0 Å². The molecule has 0 radical (unpaired) electrons. The average molecular weight is 350 g/mol. The fraction of sp³-hybridized carbons (Fsp3) is 0.381. The Balaban J connectivity index is 1.43. The highest BCUT2D eigenvalue weighted by Gasteiger charge is 2.23. The molecule has 2 aromatic heterocycles. The summed E-state index contributed by atoms with van der Waals surface area (Å²) < 4.78 is 5.74. The predicted octanol–water partition coefficient (Wildman–Crippen LogP) is 3.90. The van der Waals surface area contributed by atoms with Crippen LogP contribution in [0.2, 0.25) is 0 Å². The van der Waals surface area contributed by atoms with Gasteiger partial charge in [0.1, 0.15) is 11.5 Å². The first-order valence-corrected chi connectivity index (χ1v) is 9.40. The van der Waals surface area contributed by atoms with Crippen LogP contribution in [0.3, 0.4) is 0 Å². The second-order valence-electron chi connectivity index (χ2n) is 6.98. The van der Waals surface area contributed by atoms with E-state index in [1.54, 1.807) is 0 Å². The highest BCUT2D eigenvalue weighted by molar-refractivity contribution is 5.56. The zero-order chi connectivity index (χ0) is 17.8. The van der Waals surface area contributed by atoms with Gasteiger partial charge in [0.2, 0.25) is 0 Å². The van der Waals surface area contributed by atoms with E-state index in [0.29, 0.717) is 6.04 Å². The molecule has 4 rings (SSSR count). The number of likely N-dealkylation sites (tertiary alicyclic amines) is 1. The van der Waals surface area contributed by atoms with Gasteiger partial charge in [-0.05, 0) is 50.6 Å². The molecule has 1 aliphatic rings. The van der Waals surface area contributed by atoms with Crippen molar-refractivity contribution in [3.63, 3.8) is 0 Å². The summed E-state index contributed by atoms with van der Waals surface area (Å²) in [5.41, 5.74) is 3.48. The van der Waals surface area contributed by atoms with Crippen LogP contribution in [0.5, 0.6) is 0 Å². The zero-order valence-electron chi connectivity index (χ0n) is 15.2. The van der Waals surface area contributed by atoms with Crippen LogP contribution in [0.15, 0.2) is 53.1 Å². The maximum absolute atomic E-state index is 5.74. The van der Waals surface area contributed by atoms with Crippen LogP contribution in [-0.2, 0) is 6.54 Å². The summed E-state index contributed by atoms with van der Waals surface area (Å²) in [5, 5.41) is 10.9. The van der Waals surface area contributed by atoms with Gasteiger partial charge in [-0.2, -0.15) is 5.10 Å². The van der Waals surface area contributed by atoms with Crippen LogP contribution in [0.1, 0.15) is 35.8 Å². The van der Waals surface area contributed by atoms with Gasteiger partial charge in [-0.3, -0.25) is 10.00 Å². The number of H-pyrrole nitrogens is 1. The predicted molar refractivity (Wildman–Crippen MR) is 103 cm³/mol. The van der Waals surface area contributed by atoms with Crippen molar-refractivity contribution in [1.29, 1.82) is 0 Å². The van der Waals surface area contributed by atoms with Gasteiger partial charge in [0.15, 0.2) is 5.76 Å². The summed E-state index contributed by atoms with van der Waals surface area (Å²) in [6, 6.07) is 15.2. The first kappa shape index (κ1) is 17.1. The molecule has 0 amide bonds. The Bertz CT molecular complexity index is 817. The van der Waals surface area contributed by atoms with E-state index in [2.05, 4.69) is 50.7 Å². The molecule has 0 aliphatic carbocycles. The Hall–Kier alpha value is -2.37. The fourth-order valence-corrected chi connectivity index (χ4v) is 3.76. The standard InChI is InChI=1S/C21H26N4O/c1-16-9-10-20(26-16)21-18(14-23-24-21)13-22-15-19(25-11-5-6-12-25)17-7-3-2-4-8-17/h2-4,7-10,14,19,22H,5-6,11-13,15H2,1H3,(H,23,24). The number of nitrogens with one attached hydrogen (secondary N) is 2. The first-order valence-electron chi connectivity index (χ1n) is 9.40. The van der Waals surface area contributed by atoms with Crippen molar-refractivity contribution < 1.29 is 4.42 Å². The lowest BCUT2D eigenvalue weighted by Crippen LogP contribution is -2.34. The van der Waals surface area contributed by atoms with Crippen LogP contribution in [0.4, 0.5) is 0 Å². The fourth-order valence-electron chi connectivity index (χ4n) is 3.76. The van der Waals surface area contributed by atoms with Crippen molar-refractivity contribution in [1.82, 2.24) is 20.4 Å². The summed E-state index contributed by atoms with van der Waals surface area (Å²) >= 11 is 0. The molecule has 5 heteroatoms. The molecule has 0 bridgehead atoms. The van der Waals surface area contributed by atoms with Gasteiger partial charge in [-0.1, -0.05) is 30.3 Å². The summed E-state index contributed by atoms with van der Waals surface area (Å²) in [6.45, 7) is 6.01. The lowest BCUT2D eigenvalue weighted by Gasteiger charge is -2.28. The lowest BCUT2D eigenvalue weighted by molar-refractivity contribution is 0.238. The molecule has 5 nitrogen and oxygen atoms in total. The zero-order valence-corrected chi connectivity index (χ0v) is 15.2. The molecule has 1 saturated heterocycles. The largest absolute Gasteiger partial charge is 0.460 e. The Morgan fingerprint density at radius 3 is 2.69 bits per heavy atom. The molecule has 1 atom stereocenters. The minimum absolute atomic E-state index is 0.417. The number of benzene rings is 1. The molecule has 1 unspecified atom stereocenters. The molecule has 1 fully saturated rings. The highest BCUT2D eigenvalue weighted by atomic mass is 16.3. The van der Waals surface area contributed by atoms with Gasteiger partial charge in [0, 0.05) is 24.7 Å². The maximum atomic E-state index is 5.74. The Morgan fingerprint density at radius 1 is 1.15 bits per heavy atom. The number of rotatable bonds is 7. The quantitative estimate of drug-likeness (QED) is 0.678. The lowest BCUT2D eigenvalue weighted by atomic mass is 10.1. The molecule has 3 aromatic rings. The molecule has 136 valence electrons. The van der Waals surface area contributed by atoms with E-state index < -0.39 is 0 Å². The molecular formula is C21H26N4O. The molecule has 3 heterocycles. The Kier molecular flexibility index (Phi) is 5.18. The van der Waals surface area contributed by atoms with Gasteiger partial charge >= 0.3 is 0 Å². The van der Waals surface area contributed by atoms with Crippen LogP contribution in [0, 0.1) is 6.92 Å². The van der Waals surface area contributed by atoms with Crippen LogP contribution in [0.25, 0.3) is 11.5 Å². The third-order valence-electron chi connectivity index (χ3n) is 5.12. The van der Waals surface area contributed by atoms with E-state index in [1.807, 2.05) is 25.3 Å². The van der Waals surface area contributed by atoms with Crippen LogP contribution < -0.4 is 5.32 Å². The van der Waals surface area contributed by atoms with Gasteiger partial charge in [0.25, 0.3) is 0 Å². The smallest absolute Gasteiger partial charge is 0.152 e. The van der Waals surface area contributed by atoms with Crippen molar-refractivity contribution in [2.45, 2.75) is 32.4 Å². The van der Waals surface area contributed by atoms with Crippen molar-refractivity contribution in [2.75, 3.05) is 19.6 Å². The van der Waals surface area contributed by atoms with Crippen molar-refractivity contribution in [3.05, 3.63) is 65.5 Å². The normalized spacial score (nSPS) is 16.2. The maximum Gasteiger partial charge on any atom is 0.152 e. The van der Waals surface area contributed by atoms with Crippen molar-refractivity contribution >= 4 is 0 Å². The van der Waals surface area contributed by atoms with E-state index in [4.69, 9.17) is 4.42 Å². The highest BCUT2D eigenvalue weighted by Crippen LogP contribution is 2.26. The number of aryl methyl sites for hydroxylation is 1. The van der Waals surface area contributed by atoms with E-state index in [-0.39, 0.29) is 0 Å². The van der Waals surface area contributed by atoms with Crippen molar-refractivity contribution in [3.8, 4) is 11.5 Å². The topological polar surface area (TPSA) is 57.1 Å². The number of nitrogens with zero attached hydrogens (tertiary/aromatic N) is 2.